The molecule has 0 unspecified atom stereocenters. The zero-order valence-corrected chi connectivity index (χ0v) is 17.1. The molecule has 1 aromatic carbocycles. The first kappa shape index (κ1) is 20.4. The molecular formula is C18H20N6O4S. The average Bonchev–Trinajstić information content (AvgIpc) is 3.19. The maximum Gasteiger partial charge on any atom is 0.332 e. The van der Waals surface area contributed by atoms with Gasteiger partial charge in [0, 0.05) is 19.7 Å². The minimum Gasteiger partial charge on any atom is -0.497 e. The molecule has 152 valence electrons. The zero-order valence-electron chi connectivity index (χ0n) is 16.3. The molecule has 0 aliphatic rings. The number of ether oxygens (including phenoxy) is 1. The van der Waals surface area contributed by atoms with Crippen molar-refractivity contribution in [3.05, 3.63) is 50.7 Å². The molecule has 3 aromatic rings. The molecule has 3 rings (SSSR count). The zero-order chi connectivity index (χ0) is 21.3. The number of nitrogen functional groups attached to an aromatic ring is 1. The highest BCUT2D eigenvalue weighted by Gasteiger charge is 2.26. The van der Waals surface area contributed by atoms with Crippen LogP contribution in [0.15, 0.2) is 39.0 Å². The second-order valence-corrected chi connectivity index (χ2v) is 7.59. The minimum absolute atomic E-state index is 0.163. The van der Waals surface area contributed by atoms with Crippen LogP contribution in [-0.4, -0.2) is 42.5 Å². The van der Waals surface area contributed by atoms with Crippen molar-refractivity contribution in [3.8, 4) is 17.1 Å². The van der Waals surface area contributed by atoms with Gasteiger partial charge in [-0.1, -0.05) is 11.8 Å². The second kappa shape index (κ2) is 7.95. The number of anilines is 1. The smallest absolute Gasteiger partial charge is 0.332 e. The fourth-order valence-electron chi connectivity index (χ4n) is 2.68. The van der Waals surface area contributed by atoms with E-state index in [0.29, 0.717) is 11.0 Å². The van der Waals surface area contributed by atoms with Crippen molar-refractivity contribution in [1.29, 1.82) is 0 Å². The van der Waals surface area contributed by atoms with Gasteiger partial charge in [0.25, 0.3) is 5.56 Å². The summed E-state index contributed by atoms with van der Waals surface area (Å²) in [6.45, 7) is 1.63. The summed E-state index contributed by atoms with van der Waals surface area (Å²) in [5.41, 5.74) is 5.12. The summed E-state index contributed by atoms with van der Waals surface area (Å²) in [6.07, 6.45) is 0. The summed E-state index contributed by atoms with van der Waals surface area (Å²) in [7, 11) is 4.29. The summed E-state index contributed by atoms with van der Waals surface area (Å²) in [5, 5.41) is 6.59. The Balaban J connectivity index is 1.83. The minimum atomic E-state index is -0.725. The van der Waals surface area contributed by atoms with E-state index in [1.54, 1.807) is 26.2 Å². The molecule has 2 aromatic heterocycles. The Labute approximate surface area is 169 Å². The third-order valence-electron chi connectivity index (χ3n) is 4.44. The number of nitrogens with two attached hydrogens (primary N) is 1. The molecular weight excluding hydrogens is 396 g/mol. The number of nitrogens with one attached hydrogen (secondary N) is 1. The Morgan fingerprint density at radius 2 is 1.86 bits per heavy atom. The summed E-state index contributed by atoms with van der Waals surface area (Å²) in [4.78, 5) is 41.5. The first-order valence-corrected chi connectivity index (χ1v) is 9.45. The van der Waals surface area contributed by atoms with Gasteiger partial charge in [-0.3, -0.25) is 23.8 Å². The molecule has 11 heteroatoms. The van der Waals surface area contributed by atoms with Gasteiger partial charge in [-0.15, -0.1) is 5.10 Å². The standard InChI is InChI=1S/C18H20N6O4S/c1-9(13(25)12-14(19)23(2)18(27)24(3)16(12)26)29-17-20-15(21-22-17)10-5-7-11(28-4)8-6-10/h5-9H,19H2,1-4H3,(H,20,21,22)/t9-/m0/s1. The number of hydrogen-bond acceptors (Lipinski definition) is 8. The van der Waals surface area contributed by atoms with Crippen LogP contribution in [0.1, 0.15) is 17.3 Å². The third kappa shape index (κ3) is 3.81. The van der Waals surface area contributed by atoms with Gasteiger partial charge in [-0.05, 0) is 31.2 Å². The summed E-state index contributed by atoms with van der Waals surface area (Å²) in [6, 6.07) is 7.26. The molecule has 0 fully saturated rings. The van der Waals surface area contributed by atoms with Crippen LogP contribution in [-0.2, 0) is 14.1 Å². The van der Waals surface area contributed by atoms with Crippen molar-refractivity contribution >= 4 is 23.4 Å². The lowest BCUT2D eigenvalue weighted by Gasteiger charge is -2.13. The van der Waals surface area contributed by atoms with Crippen molar-refractivity contribution in [3.63, 3.8) is 0 Å². The Morgan fingerprint density at radius 1 is 1.21 bits per heavy atom. The van der Waals surface area contributed by atoms with Crippen molar-refractivity contribution in [2.24, 2.45) is 14.1 Å². The van der Waals surface area contributed by atoms with Crippen LogP contribution in [0.2, 0.25) is 0 Å². The highest BCUT2D eigenvalue weighted by atomic mass is 32.2. The van der Waals surface area contributed by atoms with Gasteiger partial charge in [0.2, 0.25) is 5.16 Å². The summed E-state index contributed by atoms with van der Waals surface area (Å²) >= 11 is 1.08. The molecule has 1 atom stereocenters. The number of ketones is 1. The molecule has 0 aliphatic heterocycles. The average molecular weight is 416 g/mol. The van der Waals surface area contributed by atoms with Crippen LogP contribution in [0.5, 0.6) is 5.75 Å². The van der Waals surface area contributed by atoms with E-state index in [1.807, 2.05) is 12.1 Å². The molecule has 0 bridgehead atoms. The van der Waals surface area contributed by atoms with E-state index in [9.17, 15) is 14.4 Å². The normalized spacial score (nSPS) is 12.0. The van der Waals surface area contributed by atoms with Crippen molar-refractivity contribution in [2.75, 3.05) is 12.8 Å². The molecule has 0 saturated carbocycles. The third-order valence-corrected chi connectivity index (χ3v) is 5.40. The number of thioether (sulfide) groups is 1. The van der Waals surface area contributed by atoms with Gasteiger partial charge in [0.1, 0.15) is 17.1 Å². The van der Waals surface area contributed by atoms with Crippen LogP contribution in [0.4, 0.5) is 5.82 Å². The number of rotatable bonds is 6. The molecule has 2 heterocycles. The van der Waals surface area contributed by atoms with Crippen LogP contribution >= 0.6 is 11.8 Å². The van der Waals surface area contributed by atoms with Crippen LogP contribution in [0.25, 0.3) is 11.4 Å². The molecule has 0 aliphatic carbocycles. The van der Waals surface area contributed by atoms with Gasteiger partial charge in [0.05, 0.1) is 12.4 Å². The number of Topliss-reactive ketones (excluding diaryl/α,β-unsaturated/α-hetero) is 1. The molecule has 0 radical (unpaired) electrons. The topological polar surface area (TPSA) is 138 Å². The number of benzene rings is 1. The molecule has 0 amide bonds. The number of aromatic nitrogens is 5. The molecule has 29 heavy (non-hydrogen) atoms. The number of nitrogens with zero attached hydrogens (tertiary/aromatic N) is 4. The summed E-state index contributed by atoms with van der Waals surface area (Å²) < 4.78 is 7.05. The molecule has 0 spiro atoms. The monoisotopic (exact) mass is 416 g/mol. The van der Waals surface area contributed by atoms with Gasteiger partial charge in [0.15, 0.2) is 11.6 Å². The van der Waals surface area contributed by atoms with E-state index in [2.05, 4.69) is 15.2 Å². The maximum absolute atomic E-state index is 12.8. The van der Waals surface area contributed by atoms with Crippen molar-refractivity contribution in [1.82, 2.24) is 24.3 Å². The first-order valence-electron chi connectivity index (χ1n) is 8.57. The van der Waals surface area contributed by atoms with Crippen molar-refractivity contribution < 1.29 is 9.53 Å². The molecule has 0 saturated heterocycles. The highest BCUT2D eigenvalue weighted by molar-refractivity contribution is 8.00. The van der Waals surface area contributed by atoms with E-state index in [4.69, 9.17) is 10.5 Å². The van der Waals surface area contributed by atoms with E-state index in [1.165, 1.54) is 14.1 Å². The van der Waals surface area contributed by atoms with Gasteiger partial charge in [-0.2, -0.15) is 0 Å². The Hall–Kier alpha value is -3.34. The van der Waals surface area contributed by atoms with Gasteiger partial charge < -0.3 is 10.5 Å². The predicted molar refractivity (Wildman–Crippen MR) is 109 cm³/mol. The van der Waals surface area contributed by atoms with Crippen molar-refractivity contribution in [2.45, 2.75) is 17.3 Å². The SMILES string of the molecule is COc1ccc(-c2nc(S[C@@H](C)C(=O)c3c(N)n(C)c(=O)n(C)c3=O)n[nH]2)cc1. The fourth-order valence-corrected chi connectivity index (χ4v) is 3.47. The number of methoxy groups -OCH3 is 1. The Bertz CT molecular complexity index is 1180. The number of carbonyl (C=O) groups is 1. The number of aromatic amines is 1. The summed E-state index contributed by atoms with van der Waals surface area (Å²) in [5.74, 6) is 0.592. The van der Waals surface area contributed by atoms with E-state index in [0.717, 1.165) is 32.2 Å². The quantitative estimate of drug-likeness (QED) is 0.445. The lowest BCUT2D eigenvalue weighted by Crippen LogP contribution is -2.42. The predicted octanol–water partition coefficient (Wildman–Crippen LogP) is 0.823. The number of carbonyl (C=O) groups excluding carboxylic acids is 1. The first-order chi connectivity index (χ1) is 13.7. The highest BCUT2D eigenvalue weighted by Crippen LogP contribution is 2.26. The van der Waals surface area contributed by atoms with E-state index < -0.39 is 22.3 Å². The van der Waals surface area contributed by atoms with Gasteiger partial charge >= 0.3 is 5.69 Å². The van der Waals surface area contributed by atoms with Crippen LogP contribution in [0.3, 0.4) is 0 Å². The van der Waals surface area contributed by atoms with Crippen LogP contribution in [0, 0.1) is 0 Å². The molecule has 3 N–H and O–H groups in total. The second-order valence-electron chi connectivity index (χ2n) is 6.29. The van der Waals surface area contributed by atoms with E-state index >= 15 is 0 Å². The van der Waals surface area contributed by atoms with Crippen LogP contribution < -0.4 is 21.7 Å². The largest absolute Gasteiger partial charge is 0.497 e. The Morgan fingerprint density at radius 3 is 2.48 bits per heavy atom. The maximum atomic E-state index is 12.8. The lowest BCUT2D eigenvalue weighted by molar-refractivity contribution is 0.0992. The van der Waals surface area contributed by atoms with Gasteiger partial charge in [-0.25, -0.2) is 9.78 Å². The van der Waals surface area contributed by atoms with E-state index in [-0.39, 0.29) is 11.4 Å². The Kier molecular flexibility index (Phi) is 5.59. The lowest BCUT2D eigenvalue weighted by atomic mass is 10.1. The molecule has 10 nitrogen and oxygen atoms in total. The number of H-pyrrole nitrogens is 1. The number of hydrogen-bond donors (Lipinski definition) is 2. The fraction of sp³-hybridized carbons (Fsp3) is 0.278.